The molecule has 4 radical (unpaired) electrons. The normalized spacial score (nSPS) is 9.43. The van der Waals surface area contributed by atoms with Crippen LogP contribution in [0, 0.1) is 0 Å². The van der Waals surface area contributed by atoms with Crippen molar-refractivity contribution in [2.24, 2.45) is 0 Å². The average molecular weight is 395 g/mol. The molecule has 0 aliphatic rings. The van der Waals surface area contributed by atoms with Crippen LogP contribution in [0.25, 0.3) is 18.2 Å². The first-order chi connectivity index (χ1) is 13.9. The minimum Gasteiger partial charge on any atom is -1.00 e. The minimum atomic E-state index is 0. The van der Waals surface area contributed by atoms with Gasteiger partial charge >= 0.3 is 0 Å². The summed E-state index contributed by atoms with van der Waals surface area (Å²) in [4.78, 5) is 0. The fraction of sp³-hybridized carbons (Fsp3) is 0.143. The van der Waals surface area contributed by atoms with Crippen molar-refractivity contribution in [1.82, 2.24) is 0 Å². The summed E-state index contributed by atoms with van der Waals surface area (Å²) in [5.41, 5.74) is 4.86. The number of benzene rings is 3. The van der Waals surface area contributed by atoms with Gasteiger partial charge < -0.3 is 12.9 Å². The molecule has 0 N–H and O–H groups in total. The molecule has 1 nitrogen and oxygen atoms in total. The van der Waals surface area contributed by atoms with Gasteiger partial charge in [0.1, 0.15) is 6.54 Å². The van der Waals surface area contributed by atoms with E-state index >= 15 is 0 Å². The van der Waals surface area contributed by atoms with Gasteiger partial charge in [-0.2, -0.15) is 0 Å². The first kappa shape index (κ1) is 26.9. The Bertz CT molecular complexity index is 818. The quantitative estimate of drug-likeness (QED) is 0.329. The van der Waals surface area contributed by atoms with Crippen LogP contribution in [0.3, 0.4) is 0 Å². The van der Waals surface area contributed by atoms with E-state index in [1.807, 2.05) is 72.8 Å². The molecular weight excluding hydrogens is 361 g/mol. The summed E-state index contributed by atoms with van der Waals surface area (Å²) in [5.74, 6) is 0. The third-order valence-corrected chi connectivity index (χ3v) is 3.94. The molecule has 0 aromatic heterocycles. The summed E-state index contributed by atoms with van der Waals surface area (Å²) < 4.78 is 0.990. The van der Waals surface area contributed by atoms with E-state index in [2.05, 4.69) is 71.2 Å². The van der Waals surface area contributed by atoms with Gasteiger partial charge in [-0.15, -0.1) is 0 Å². The SMILES string of the molecule is C=Cc1ccc(C=C)cc1.C=Cc1ccccc1.C[N+](C)(C)Cc1ccccc1.[B-]. The van der Waals surface area contributed by atoms with E-state index in [9.17, 15) is 0 Å². The molecule has 3 rings (SSSR count). The summed E-state index contributed by atoms with van der Waals surface area (Å²) in [6.07, 6.45) is 5.49. The van der Waals surface area contributed by atoms with Crippen LogP contribution < -0.4 is 0 Å². The van der Waals surface area contributed by atoms with Gasteiger partial charge in [-0.3, -0.25) is 0 Å². The second-order valence-electron chi connectivity index (χ2n) is 7.62. The lowest BCUT2D eigenvalue weighted by Crippen LogP contribution is -2.33. The van der Waals surface area contributed by atoms with Gasteiger partial charge in [0.05, 0.1) is 21.1 Å². The second-order valence-corrected chi connectivity index (χ2v) is 7.62. The Morgan fingerprint density at radius 1 is 0.567 bits per heavy atom. The fourth-order valence-electron chi connectivity index (χ4n) is 2.49. The largest absolute Gasteiger partial charge is 1.00 e. The number of hydrogen-bond acceptors (Lipinski definition) is 0. The lowest BCUT2D eigenvalue weighted by atomic mass is 10.1. The van der Waals surface area contributed by atoms with E-state index < -0.39 is 0 Å². The van der Waals surface area contributed by atoms with Crippen molar-refractivity contribution in [2.45, 2.75) is 6.54 Å². The molecule has 2 heteroatoms. The summed E-state index contributed by atoms with van der Waals surface area (Å²) in [6, 6.07) is 28.7. The molecular formula is C28H34BN. The third-order valence-electron chi connectivity index (χ3n) is 3.94. The first-order valence-corrected chi connectivity index (χ1v) is 9.74. The van der Waals surface area contributed by atoms with Gasteiger partial charge in [0.2, 0.25) is 0 Å². The Morgan fingerprint density at radius 3 is 1.20 bits per heavy atom. The third kappa shape index (κ3) is 12.4. The van der Waals surface area contributed by atoms with Gasteiger partial charge in [0.25, 0.3) is 0 Å². The predicted molar refractivity (Wildman–Crippen MR) is 137 cm³/mol. The van der Waals surface area contributed by atoms with Crippen molar-refractivity contribution in [2.75, 3.05) is 21.1 Å². The van der Waals surface area contributed by atoms with Crippen LogP contribution in [-0.2, 0) is 6.54 Å². The lowest BCUT2D eigenvalue weighted by Gasteiger charge is -2.23. The molecule has 0 spiro atoms. The molecule has 0 amide bonds. The Balaban J connectivity index is 0.000000418. The average Bonchev–Trinajstić information content (AvgIpc) is 2.75. The maximum absolute atomic E-state index is 3.66. The first-order valence-electron chi connectivity index (χ1n) is 9.74. The molecule has 3 aromatic rings. The maximum atomic E-state index is 3.66. The van der Waals surface area contributed by atoms with Crippen LogP contribution in [-0.4, -0.2) is 34.0 Å². The zero-order valence-corrected chi connectivity index (χ0v) is 18.7. The summed E-state index contributed by atoms with van der Waals surface area (Å²) in [5, 5.41) is 0. The van der Waals surface area contributed by atoms with Crippen LogP contribution >= 0.6 is 0 Å². The Hall–Kier alpha value is -3.10. The van der Waals surface area contributed by atoms with Gasteiger partial charge in [-0.1, -0.05) is 123 Å². The standard InChI is InChI=1S/C10H16N.C10H10.C8H8.B/c1-11(2,3)9-10-7-5-4-6-8-10;1-3-9-5-7-10(4-2)8-6-9;1-2-8-6-4-3-5-7-8;/h4-8H,9H2,1-3H3;3-8H,1-2H2;2-7H,1H2;/q+1;;;-1. The maximum Gasteiger partial charge on any atom is 0.104 e. The smallest absolute Gasteiger partial charge is 0.104 e. The number of hydrogen-bond donors (Lipinski definition) is 0. The zero-order valence-electron chi connectivity index (χ0n) is 18.7. The highest BCUT2D eigenvalue weighted by atomic mass is 15.3. The molecule has 0 aliphatic carbocycles. The molecule has 0 heterocycles. The molecule has 0 unspecified atom stereocenters. The molecule has 0 bridgehead atoms. The minimum absolute atomic E-state index is 0. The van der Waals surface area contributed by atoms with Gasteiger partial charge in [0.15, 0.2) is 0 Å². The van der Waals surface area contributed by atoms with E-state index in [-0.39, 0.29) is 8.41 Å². The summed E-state index contributed by atoms with van der Waals surface area (Å²) in [7, 11) is 6.60. The Morgan fingerprint density at radius 2 is 0.900 bits per heavy atom. The van der Waals surface area contributed by atoms with Crippen LogP contribution in [0.5, 0.6) is 0 Å². The van der Waals surface area contributed by atoms with Crippen LogP contribution in [0.4, 0.5) is 0 Å². The molecule has 0 fully saturated rings. The highest BCUT2D eigenvalue weighted by Crippen LogP contribution is 2.06. The zero-order chi connectivity index (χ0) is 21.5. The highest BCUT2D eigenvalue weighted by molar-refractivity contribution is 5.75. The fourth-order valence-corrected chi connectivity index (χ4v) is 2.49. The van der Waals surface area contributed by atoms with Crippen molar-refractivity contribution in [3.8, 4) is 0 Å². The van der Waals surface area contributed by atoms with E-state index in [1.165, 1.54) is 11.1 Å². The molecule has 0 aliphatic heterocycles. The van der Waals surface area contributed by atoms with Crippen molar-refractivity contribution in [3.63, 3.8) is 0 Å². The van der Waals surface area contributed by atoms with E-state index in [0.29, 0.717) is 0 Å². The number of quaternary nitrogens is 1. The molecule has 3 aromatic carbocycles. The van der Waals surface area contributed by atoms with Crippen molar-refractivity contribution < 1.29 is 4.48 Å². The number of nitrogens with zero attached hydrogens (tertiary/aromatic N) is 1. The van der Waals surface area contributed by atoms with Gasteiger partial charge in [-0.05, 0) is 16.7 Å². The summed E-state index contributed by atoms with van der Waals surface area (Å²) >= 11 is 0. The second kappa shape index (κ2) is 14.8. The van der Waals surface area contributed by atoms with Crippen molar-refractivity contribution in [3.05, 3.63) is 127 Å². The molecule has 0 saturated carbocycles. The number of rotatable bonds is 5. The van der Waals surface area contributed by atoms with E-state index in [4.69, 9.17) is 0 Å². The van der Waals surface area contributed by atoms with E-state index in [0.717, 1.165) is 22.2 Å². The topological polar surface area (TPSA) is 0 Å². The molecule has 154 valence electrons. The van der Waals surface area contributed by atoms with Gasteiger partial charge in [0, 0.05) is 5.56 Å². The van der Waals surface area contributed by atoms with Crippen molar-refractivity contribution in [1.29, 1.82) is 0 Å². The molecule has 30 heavy (non-hydrogen) atoms. The Kier molecular flexibility index (Phi) is 13.3. The predicted octanol–water partition coefficient (Wildman–Crippen LogP) is 6.81. The van der Waals surface area contributed by atoms with Gasteiger partial charge in [-0.25, -0.2) is 0 Å². The van der Waals surface area contributed by atoms with Crippen LogP contribution in [0.2, 0.25) is 0 Å². The molecule has 0 saturated heterocycles. The lowest BCUT2D eigenvalue weighted by molar-refractivity contribution is -0.884. The monoisotopic (exact) mass is 395 g/mol. The van der Waals surface area contributed by atoms with E-state index in [1.54, 1.807) is 0 Å². The summed E-state index contributed by atoms with van der Waals surface area (Å²) in [6.45, 7) is 12.1. The molecule has 0 atom stereocenters. The Labute approximate surface area is 185 Å². The van der Waals surface area contributed by atoms with Crippen molar-refractivity contribution >= 4 is 26.6 Å². The van der Waals surface area contributed by atoms with Crippen LogP contribution in [0.15, 0.2) is 105 Å². The highest BCUT2D eigenvalue weighted by Gasteiger charge is 2.06. The van der Waals surface area contributed by atoms with Crippen LogP contribution in [0.1, 0.15) is 22.3 Å².